The number of rotatable bonds is 5. The maximum absolute atomic E-state index is 12.8. The van der Waals surface area contributed by atoms with Crippen LogP contribution in [0, 0.1) is 5.82 Å². The fraction of sp³-hybridized carbons (Fsp3) is 0.500. The molecule has 1 aliphatic rings. The first kappa shape index (κ1) is 16.4. The fourth-order valence-corrected chi connectivity index (χ4v) is 2.40. The van der Waals surface area contributed by atoms with E-state index < -0.39 is 0 Å². The molecule has 6 heteroatoms. The standard InChI is InChI=1S/C16H22FN3O2/c17-14-6-4-13(5-7-14)16(22)19-9-1-3-15(21)20-11-2-8-18-10-12-20/h4-7,18H,1-3,8-12H2,(H,19,22). The van der Waals surface area contributed by atoms with Gasteiger partial charge in [-0.25, -0.2) is 4.39 Å². The molecule has 120 valence electrons. The molecule has 1 fully saturated rings. The van der Waals surface area contributed by atoms with Crippen LogP contribution in [0.3, 0.4) is 0 Å². The molecule has 0 saturated carbocycles. The Morgan fingerprint density at radius 1 is 1.18 bits per heavy atom. The van der Waals surface area contributed by atoms with Crippen molar-refractivity contribution >= 4 is 11.8 Å². The second-order valence-corrected chi connectivity index (χ2v) is 5.35. The van der Waals surface area contributed by atoms with Gasteiger partial charge in [-0.05, 0) is 43.7 Å². The van der Waals surface area contributed by atoms with E-state index in [1.807, 2.05) is 4.90 Å². The third-order valence-corrected chi connectivity index (χ3v) is 3.65. The Balaban J connectivity index is 1.66. The molecule has 1 aliphatic heterocycles. The summed E-state index contributed by atoms with van der Waals surface area (Å²) in [7, 11) is 0. The topological polar surface area (TPSA) is 61.4 Å². The summed E-state index contributed by atoms with van der Waals surface area (Å²) in [5, 5.41) is 6.00. The number of hydrogen-bond donors (Lipinski definition) is 2. The molecule has 22 heavy (non-hydrogen) atoms. The summed E-state index contributed by atoms with van der Waals surface area (Å²) in [6.45, 7) is 3.78. The van der Waals surface area contributed by atoms with Crippen molar-refractivity contribution in [3.63, 3.8) is 0 Å². The minimum atomic E-state index is -0.367. The zero-order valence-corrected chi connectivity index (χ0v) is 12.6. The van der Waals surface area contributed by atoms with Gasteiger partial charge in [0.25, 0.3) is 5.91 Å². The van der Waals surface area contributed by atoms with Crippen LogP contribution in [-0.2, 0) is 4.79 Å². The highest BCUT2D eigenvalue weighted by Crippen LogP contribution is 2.04. The third kappa shape index (κ3) is 5.11. The zero-order chi connectivity index (χ0) is 15.8. The van der Waals surface area contributed by atoms with E-state index in [1.165, 1.54) is 24.3 Å². The summed E-state index contributed by atoms with van der Waals surface area (Å²) in [6, 6.07) is 5.40. The molecule has 0 atom stereocenters. The van der Waals surface area contributed by atoms with Crippen LogP contribution in [0.5, 0.6) is 0 Å². The van der Waals surface area contributed by atoms with Gasteiger partial charge in [0, 0.05) is 38.2 Å². The summed E-state index contributed by atoms with van der Waals surface area (Å²) >= 11 is 0. The van der Waals surface area contributed by atoms with Gasteiger partial charge in [-0.15, -0.1) is 0 Å². The van der Waals surface area contributed by atoms with Gasteiger partial charge in [0.05, 0.1) is 0 Å². The first-order chi connectivity index (χ1) is 10.7. The number of benzene rings is 1. The van der Waals surface area contributed by atoms with Gasteiger partial charge >= 0.3 is 0 Å². The molecule has 5 nitrogen and oxygen atoms in total. The Morgan fingerprint density at radius 2 is 1.95 bits per heavy atom. The lowest BCUT2D eigenvalue weighted by Crippen LogP contribution is -2.34. The predicted octanol–water partition coefficient (Wildman–Crippen LogP) is 1.16. The smallest absolute Gasteiger partial charge is 0.251 e. The number of carbonyl (C=O) groups excluding carboxylic acids is 2. The van der Waals surface area contributed by atoms with Gasteiger partial charge in [0.1, 0.15) is 5.82 Å². The second kappa shape index (κ2) is 8.48. The number of hydrogen-bond acceptors (Lipinski definition) is 3. The molecule has 0 spiro atoms. The van der Waals surface area contributed by atoms with E-state index in [9.17, 15) is 14.0 Å². The average molecular weight is 307 g/mol. The lowest BCUT2D eigenvalue weighted by molar-refractivity contribution is -0.131. The van der Waals surface area contributed by atoms with Crippen LogP contribution in [0.1, 0.15) is 29.6 Å². The lowest BCUT2D eigenvalue weighted by atomic mass is 10.2. The minimum absolute atomic E-state index is 0.139. The Kier molecular flexibility index (Phi) is 6.33. The summed E-state index contributed by atoms with van der Waals surface area (Å²) in [4.78, 5) is 25.7. The number of halogens is 1. The van der Waals surface area contributed by atoms with Gasteiger partial charge in [-0.3, -0.25) is 9.59 Å². The molecule has 0 unspecified atom stereocenters. The predicted molar refractivity (Wildman–Crippen MR) is 82.0 cm³/mol. The first-order valence-corrected chi connectivity index (χ1v) is 7.69. The summed E-state index contributed by atoms with van der Waals surface area (Å²) < 4.78 is 12.8. The minimum Gasteiger partial charge on any atom is -0.352 e. The first-order valence-electron chi connectivity index (χ1n) is 7.69. The van der Waals surface area contributed by atoms with Crippen molar-refractivity contribution in [2.24, 2.45) is 0 Å². The summed E-state index contributed by atoms with van der Waals surface area (Å²) in [6.07, 6.45) is 2.02. The maximum Gasteiger partial charge on any atom is 0.251 e. The third-order valence-electron chi connectivity index (χ3n) is 3.65. The maximum atomic E-state index is 12.8. The quantitative estimate of drug-likeness (QED) is 0.803. The Morgan fingerprint density at radius 3 is 2.73 bits per heavy atom. The van der Waals surface area contributed by atoms with Crippen molar-refractivity contribution in [1.82, 2.24) is 15.5 Å². The van der Waals surface area contributed by atoms with E-state index >= 15 is 0 Å². The van der Waals surface area contributed by atoms with Crippen molar-refractivity contribution in [3.8, 4) is 0 Å². The highest BCUT2D eigenvalue weighted by atomic mass is 19.1. The molecule has 0 aliphatic carbocycles. The highest BCUT2D eigenvalue weighted by molar-refractivity contribution is 5.94. The van der Waals surface area contributed by atoms with Crippen LogP contribution in [0.15, 0.2) is 24.3 Å². The van der Waals surface area contributed by atoms with E-state index in [1.54, 1.807) is 0 Å². The van der Waals surface area contributed by atoms with Gasteiger partial charge in [0.2, 0.25) is 5.91 Å². The average Bonchev–Trinajstić information content (AvgIpc) is 2.81. The molecule has 2 amide bonds. The Bertz CT molecular complexity index is 497. The number of carbonyl (C=O) groups is 2. The van der Waals surface area contributed by atoms with Crippen molar-refractivity contribution in [3.05, 3.63) is 35.6 Å². The number of nitrogens with zero attached hydrogens (tertiary/aromatic N) is 1. The van der Waals surface area contributed by atoms with E-state index in [0.29, 0.717) is 24.9 Å². The molecule has 1 aromatic carbocycles. The highest BCUT2D eigenvalue weighted by Gasteiger charge is 2.14. The van der Waals surface area contributed by atoms with Gasteiger partial charge in [-0.2, -0.15) is 0 Å². The number of nitrogens with one attached hydrogen (secondary N) is 2. The van der Waals surface area contributed by atoms with E-state index in [2.05, 4.69) is 10.6 Å². The Labute approximate surface area is 129 Å². The van der Waals surface area contributed by atoms with E-state index in [0.717, 1.165) is 32.6 Å². The molecule has 1 heterocycles. The fourth-order valence-electron chi connectivity index (χ4n) is 2.40. The van der Waals surface area contributed by atoms with Crippen molar-refractivity contribution in [2.75, 3.05) is 32.7 Å². The van der Waals surface area contributed by atoms with E-state index in [-0.39, 0.29) is 17.6 Å². The molecule has 0 aromatic heterocycles. The lowest BCUT2D eigenvalue weighted by Gasteiger charge is -2.19. The largest absolute Gasteiger partial charge is 0.352 e. The van der Waals surface area contributed by atoms with Crippen molar-refractivity contribution < 1.29 is 14.0 Å². The zero-order valence-electron chi connectivity index (χ0n) is 12.6. The molecule has 1 aromatic rings. The molecule has 1 saturated heterocycles. The van der Waals surface area contributed by atoms with Gasteiger partial charge in [0.15, 0.2) is 0 Å². The van der Waals surface area contributed by atoms with Gasteiger partial charge < -0.3 is 15.5 Å². The van der Waals surface area contributed by atoms with Crippen LogP contribution in [0.2, 0.25) is 0 Å². The van der Waals surface area contributed by atoms with Crippen LogP contribution >= 0.6 is 0 Å². The van der Waals surface area contributed by atoms with Crippen LogP contribution < -0.4 is 10.6 Å². The monoisotopic (exact) mass is 307 g/mol. The molecule has 2 N–H and O–H groups in total. The van der Waals surface area contributed by atoms with Crippen LogP contribution in [0.4, 0.5) is 4.39 Å². The normalized spacial score (nSPS) is 15.2. The summed E-state index contributed by atoms with van der Waals surface area (Å²) in [5.74, 6) is -0.472. The van der Waals surface area contributed by atoms with Crippen molar-refractivity contribution in [1.29, 1.82) is 0 Å². The Hall–Kier alpha value is -1.95. The molecule has 2 rings (SSSR count). The molecular formula is C16H22FN3O2. The van der Waals surface area contributed by atoms with Crippen LogP contribution in [-0.4, -0.2) is 49.4 Å². The second-order valence-electron chi connectivity index (χ2n) is 5.35. The summed E-state index contributed by atoms with van der Waals surface area (Å²) in [5.41, 5.74) is 0.423. The molecular weight excluding hydrogens is 285 g/mol. The SMILES string of the molecule is O=C(NCCCC(=O)N1CCCNCC1)c1ccc(F)cc1. The molecule has 0 bridgehead atoms. The van der Waals surface area contributed by atoms with Gasteiger partial charge in [-0.1, -0.05) is 0 Å². The number of amides is 2. The van der Waals surface area contributed by atoms with Crippen LogP contribution in [0.25, 0.3) is 0 Å². The van der Waals surface area contributed by atoms with E-state index in [4.69, 9.17) is 0 Å². The molecule has 0 radical (unpaired) electrons. The van der Waals surface area contributed by atoms with Crippen molar-refractivity contribution in [2.45, 2.75) is 19.3 Å².